The second-order valence-corrected chi connectivity index (χ2v) is 3.94. The first-order valence-corrected chi connectivity index (χ1v) is 5.67. The highest BCUT2D eigenvalue weighted by Gasteiger charge is 2.15. The van der Waals surface area contributed by atoms with Crippen LogP contribution in [0.1, 0.15) is 25.5 Å². The van der Waals surface area contributed by atoms with Gasteiger partial charge in [-0.25, -0.2) is 0 Å². The van der Waals surface area contributed by atoms with E-state index in [1.54, 1.807) is 0 Å². The molecule has 1 aromatic carbocycles. The standard InChI is InChI=1S/C14H18N2O/c1-4-10-15-14(17)12(3)16-11(2)13-8-6-5-7-9-13/h1,5-9,11-12,16H,10H2,2-3H3,(H,15,17)/t11-,12?/m0/s1. The molecule has 1 amide bonds. The number of rotatable bonds is 5. The van der Waals surface area contributed by atoms with Crippen LogP contribution in [0.2, 0.25) is 0 Å². The van der Waals surface area contributed by atoms with Crippen molar-refractivity contribution in [3.63, 3.8) is 0 Å². The summed E-state index contributed by atoms with van der Waals surface area (Å²) in [6, 6.07) is 9.86. The normalized spacial score (nSPS) is 13.5. The summed E-state index contributed by atoms with van der Waals surface area (Å²) < 4.78 is 0. The zero-order valence-corrected chi connectivity index (χ0v) is 10.2. The molecular formula is C14H18N2O. The van der Waals surface area contributed by atoms with Crippen molar-refractivity contribution in [1.29, 1.82) is 0 Å². The van der Waals surface area contributed by atoms with Crippen molar-refractivity contribution in [3.05, 3.63) is 35.9 Å². The van der Waals surface area contributed by atoms with Gasteiger partial charge in [-0.05, 0) is 19.4 Å². The molecule has 0 aliphatic heterocycles. The van der Waals surface area contributed by atoms with Crippen LogP contribution in [0.4, 0.5) is 0 Å². The average molecular weight is 230 g/mol. The van der Waals surface area contributed by atoms with Crippen LogP contribution in [-0.2, 0) is 4.79 Å². The Labute approximate surface area is 103 Å². The van der Waals surface area contributed by atoms with E-state index in [4.69, 9.17) is 6.42 Å². The molecule has 0 saturated carbocycles. The molecule has 0 aliphatic rings. The fraction of sp³-hybridized carbons (Fsp3) is 0.357. The van der Waals surface area contributed by atoms with Gasteiger partial charge >= 0.3 is 0 Å². The van der Waals surface area contributed by atoms with Crippen LogP contribution >= 0.6 is 0 Å². The summed E-state index contributed by atoms with van der Waals surface area (Å²) in [5.74, 6) is 2.30. The molecule has 1 unspecified atom stereocenters. The van der Waals surface area contributed by atoms with E-state index in [1.807, 2.05) is 44.2 Å². The average Bonchev–Trinajstić information content (AvgIpc) is 2.36. The van der Waals surface area contributed by atoms with Gasteiger partial charge < -0.3 is 5.32 Å². The van der Waals surface area contributed by atoms with Gasteiger partial charge in [-0.1, -0.05) is 36.3 Å². The van der Waals surface area contributed by atoms with Crippen molar-refractivity contribution in [1.82, 2.24) is 10.6 Å². The van der Waals surface area contributed by atoms with Gasteiger partial charge in [0, 0.05) is 6.04 Å². The Morgan fingerprint density at radius 2 is 2.00 bits per heavy atom. The third-order valence-corrected chi connectivity index (χ3v) is 2.56. The summed E-state index contributed by atoms with van der Waals surface area (Å²) in [5.41, 5.74) is 1.16. The summed E-state index contributed by atoms with van der Waals surface area (Å²) in [4.78, 5) is 11.6. The zero-order chi connectivity index (χ0) is 12.7. The van der Waals surface area contributed by atoms with E-state index < -0.39 is 0 Å². The lowest BCUT2D eigenvalue weighted by Crippen LogP contribution is -2.43. The molecule has 17 heavy (non-hydrogen) atoms. The minimum absolute atomic E-state index is 0.0780. The van der Waals surface area contributed by atoms with Crippen LogP contribution in [0.15, 0.2) is 30.3 Å². The fourth-order valence-corrected chi connectivity index (χ4v) is 1.58. The van der Waals surface area contributed by atoms with Crippen LogP contribution in [-0.4, -0.2) is 18.5 Å². The van der Waals surface area contributed by atoms with Crippen molar-refractivity contribution in [2.75, 3.05) is 6.54 Å². The number of terminal acetylenes is 1. The first-order chi connectivity index (χ1) is 8.15. The topological polar surface area (TPSA) is 41.1 Å². The van der Waals surface area contributed by atoms with E-state index in [1.165, 1.54) is 0 Å². The lowest BCUT2D eigenvalue weighted by molar-refractivity contribution is -0.122. The van der Waals surface area contributed by atoms with Crippen molar-refractivity contribution in [2.45, 2.75) is 25.9 Å². The molecule has 2 N–H and O–H groups in total. The van der Waals surface area contributed by atoms with Crippen molar-refractivity contribution < 1.29 is 4.79 Å². The van der Waals surface area contributed by atoms with Gasteiger partial charge in [0.15, 0.2) is 0 Å². The third kappa shape index (κ3) is 4.29. The number of benzene rings is 1. The van der Waals surface area contributed by atoms with E-state index >= 15 is 0 Å². The zero-order valence-electron chi connectivity index (χ0n) is 10.2. The predicted molar refractivity (Wildman–Crippen MR) is 69.3 cm³/mol. The maximum Gasteiger partial charge on any atom is 0.237 e. The molecular weight excluding hydrogens is 212 g/mol. The summed E-state index contributed by atoms with van der Waals surface area (Å²) >= 11 is 0. The minimum atomic E-state index is -0.265. The minimum Gasteiger partial charge on any atom is -0.344 e. The molecule has 1 aromatic rings. The largest absolute Gasteiger partial charge is 0.344 e. The van der Waals surface area contributed by atoms with Crippen LogP contribution < -0.4 is 10.6 Å². The van der Waals surface area contributed by atoms with E-state index in [0.29, 0.717) is 0 Å². The molecule has 90 valence electrons. The van der Waals surface area contributed by atoms with Gasteiger partial charge in [0.25, 0.3) is 0 Å². The highest BCUT2D eigenvalue weighted by Crippen LogP contribution is 2.11. The van der Waals surface area contributed by atoms with Crippen molar-refractivity contribution in [2.24, 2.45) is 0 Å². The third-order valence-electron chi connectivity index (χ3n) is 2.56. The fourth-order valence-electron chi connectivity index (χ4n) is 1.58. The molecule has 2 atom stereocenters. The molecule has 0 heterocycles. The number of hydrogen-bond acceptors (Lipinski definition) is 2. The maximum absolute atomic E-state index is 11.6. The molecule has 0 bridgehead atoms. The molecule has 0 fully saturated rings. The van der Waals surface area contributed by atoms with E-state index in [-0.39, 0.29) is 24.5 Å². The van der Waals surface area contributed by atoms with Crippen LogP contribution in [0, 0.1) is 12.3 Å². The first kappa shape index (κ1) is 13.3. The SMILES string of the molecule is C#CCNC(=O)C(C)N[C@@H](C)c1ccccc1. The number of amides is 1. The number of nitrogens with one attached hydrogen (secondary N) is 2. The Morgan fingerprint density at radius 3 is 2.59 bits per heavy atom. The summed E-state index contributed by atoms with van der Waals surface area (Å²) in [6.07, 6.45) is 5.08. The van der Waals surface area contributed by atoms with Gasteiger partial charge in [-0.2, -0.15) is 0 Å². The number of carbonyl (C=O) groups excluding carboxylic acids is 1. The highest BCUT2D eigenvalue weighted by atomic mass is 16.2. The molecule has 1 rings (SSSR count). The van der Waals surface area contributed by atoms with E-state index in [9.17, 15) is 4.79 Å². The Bertz CT molecular complexity index is 394. The lowest BCUT2D eigenvalue weighted by Gasteiger charge is -2.19. The van der Waals surface area contributed by atoms with Crippen LogP contribution in [0.25, 0.3) is 0 Å². The Hall–Kier alpha value is -1.79. The molecule has 0 aromatic heterocycles. The van der Waals surface area contributed by atoms with Crippen LogP contribution in [0.5, 0.6) is 0 Å². The number of hydrogen-bond donors (Lipinski definition) is 2. The molecule has 3 nitrogen and oxygen atoms in total. The smallest absolute Gasteiger partial charge is 0.237 e. The van der Waals surface area contributed by atoms with Gasteiger partial charge in [-0.15, -0.1) is 6.42 Å². The van der Waals surface area contributed by atoms with Gasteiger partial charge in [0.2, 0.25) is 5.91 Å². The van der Waals surface area contributed by atoms with Gasteiger partial charge in [0.1, 0.15) is 0 Å². The van der Waals surface area contributed by atoms with E-state index in [0.717, 1.165) is 5.56 Å². The molecule has 0 spiro atoms. The number of carbonyl (C=O) groups is 1. The maximum atomic E-state index is 11.6. The molecule has 0 aliphatic carbocycles. The molecule has 0 radical (unpaired) electrons. The molecule has 0 saturated heterocycles. The van der Waals surface area contributed by atoms with Gasteiger partial charge in [0.05, 0.1) is 12.6 Å². The second-order valence-electron chi connectivity index (χ2n) is 3.94. The predicted octanol–water partition coefficient (Wildman–Crippen LogP) is 1.48. The quantitative estimate of drug-likeness (QED) is 0.752. The van der Waals surface area contributed by atoms with Crippen molar-refractivity contribution in [3.8, 4) is 12.3 Å². The summed E-state index contributed by atoms with van der Waals surface area (Å²) in [5, 5.41) is 5.88. The van der Waals surface area contributed by atoms with Crippen LogP contribution in [0.3, 0.4) is 0 Å². The first-order valence-electron chi connectivity index (χ1n) is 5.67. The Balaban J connectivity index is 2.49. The monoisotopic (exact) mass is 230 g/mol. The Kier molecular flexibility index (Phi) is 5.25. The highest BCUT2D eigenvalue weighted by molar-refractivity contribution is 5.81. The Morgan fingerprint density at radius 1 is 1.35 bits per heavy atom. The summed E-state index contributed by atoms with van der Waals surface area (Å²) in [7, 11) is 0. The second kappa shape index (κ2) is 6.72. The van der Waals surface area contributed by atoms with E-state index in [2.05, 4.69) is 16.6 Å². The lowest BCUT2D eigenvalue weighted by atomic mass is 10.1. The molecule has 3 heteroatoms. The van der Waals surface area contributed by atoms with Gasteiger partial charge in [-0.3, -0.25) is 10.1 Å². The van der Waals surface area contributed by atoms with Crippen molar-refractivity contribution >= 4 is 5.91 Å². The summed E-state index contributed by atoms with van der Waals surface area (Å²) in [6.45, 7) is 4.12.